The van der Waals surface area contributed by atoms with Gasteiger partial charge in [-0.05, 0) is 13.0 Å². The summed E-state index contributed by atoms with van der Waals surface area (Å²) < 4.78 is 25.8. The number of carboxylic acid groups (broad SMARTS) is 1. The number of carbonyl (C=O) groups is 1. The van der Waals surface area contributed by atoms with Crippen LogP contribution >= 0.6 is 22.7 Å². The number of hydrogen-bond acceptors (Lipinski definition) is 6. The maximum absolute atomic E-state index is 12.3. The number of nitrogens with zero attached hydrogens (tertiary/aromatic N) is 2. The molecule has 2 rings (SSSR count). The van der Waals surface area contributed by atoms with Gasteiger partial charge in [-0.25, -0.2) is 18.2 Å². The minimum Gasteiger partial charge on any atom is -0.478 e. The Bertz CT molecular complexity index is 732. The lowest BCUT2D eigenvalue weighted by molar-refractivity contribution is 0.0697. The topological polar surface area (TPSA) is 87.6 Å². The van der Waals surface area contributed by atoms with Gasteiger partial charge in [-0.15, -0.1) is 22.7 Å². The molecule has 9 heteroatoms. The molecule has 2 aromatic heterocycles. The summed E-state index contributed by atoms with van der Waals surface area (Å²) in [5, 5.41) is 12.8. The first kappa shape index (κ1) is 15.1. The molecule has 0 spiro atoms. The highest BCUT2D eigenvalue weighted by Gasteiger charge is 2.24. The van der Waals surface area contributed by atoms with Crippen LogP contribution in [-0.2, 0) is 16.6 Å². The van der Waals surface area contributed by atoms with E-state index in [2.05, 4.69) is 4.98 Å². The maximum atomic E-state index is 12.3. The van der Waals surface area contributed by atoms with Crippen LogP contribution in [0, 0.1) is 6.92 Å². The minimum atomic E-state index is -3.69. The molecule has 0 fully saturated rings. The smallest absolute Gasteiger partial charge is 0.336 e. The summed E-state index contributed by atoms with van der Waals surface area (Å²) in [5.41, 5.74) is 0.653. The lowest BCUT2D eigenvalue weighted by atomic mass is 10.4. The van der Waals surface area contributed by atoms with Crippen LogP contribution < -0.4 is 0 Å². The summed E-state index contributed by atoms with van der Waals surface area (Å²) in [4.78, 5) is 15.0. The van der Waals surface area contributed by atoms with Crippen molar-refractivity contribution < 1.29 is 18.3 Å². The predicted molar refractivity (Wildman–Crippen MR) is 76.8 cm³/mol. The molecule has 0 unspecified atom stereocenters. The van der Waals surface area contributed by atoms with Crippen LogP contribution in [0.2, 0.25) is 0 Å². The molecule has 0 aromatic carbocycles. The molecule has 0 aliphatic heterocycles. The van der Waals surface area contributed by atoms with Crippen LogP contribution in [0.4, 0.5) is 0 Å². The first-order chi connectivity index (χ1) is 9.30. The fraction of sp³-hybridized carbons (Fsp3) is 0.273. The van der Waals surface area contributed by atoms with Gasteiger partial charge in [-0.3, -0.25) is 0 Å². The molecule has 0 aliphatic rings. The molecule has 0 radical (unpaired) electrons. The van der Waals surface area contributed by atoms with Gasteiger partial charge < -0.3 is 5.11 Å². The Morgan fingerprint density at radius 2 is 2.10 bits per heavy atom. The van der Waals surface area contributed by atoms with Crippen LogP contribution in [0.25, 0.3) is 0 Å². The Kier molecular flexibility index (Phi) is 4.23. The molecule has 0 saturated carbocycles. The molecular weight excluding hydrogens is 320 g/mol. The third-order valence-electron chi connectivity index (χ3n) is 2.54. The highest BCUT2D eigenvalue weighted by molar-refractivity contribution is 7.91. The van der Waals surface area contributed by atoms with Crippen LogP contribution in [0.3, 0.4) is 0 Å². The number of sulfonamides is 1. The largest absolute Gasteiger partial charge is 0.478 e. The van der Waals surface area contributed by atoms with E-state index in [-0.39, 0.29) is 16.3 Å². The average molecular weight is 332 g/mol. The summed E-state index contributed by atoms with van der Waals surface area (Å²) in [7, 11) is -2.24. The Balaban J connectivity index is 2.22. The van der Waals surface area contributed by atoms with E-state index in [0.29, 0.717) is 5.69 Å². The highest BCUT2D eigenvalue weighted by atomic mass is 32.2. The number of aryl methyl sites for hydroxylation is 1. The second-order valence-electron chi connectivity index (χ2n) is 4.08. The number of thiophene rings is 1. The quantitative estimate of drug-likeness (QED) is 0.905. The lowest BCUT2D eigenvalue weighted by Crippen LogP contribution is -2.26. The molecule has 0 bridgehead atoms. The predicted octanol–water partition coefficient (Wildman–Crippen LogP) is 2.03. The van der Waals surface area contributed by atoms with Crippen LogP contribution in [0.5, 0.6) is 0 Å². The molecule has 0 saturated heterocycles. The van der Waals surface area contributed by atoms with Crippen LogP contribution in [-0.4, -0.2) is 35.8 Å². The van der Waals surface area contributed by atoms with Gasteiger partial charge >= 0.3 is 5.97 Å². The summed E-state index contributed by atoms with van der Waals surface area (Å²) in [6.45, 7) is 2.01. The Morgan fingerprint density at radius 1 is 1.40 bits per heavy atom. The van der Waals surface area contributed by atoms with Crippen molar-refractivity contribution in [3.8, 4) is 0 Å². The summed E-state index contributed by atoms with van der Waals surface area (Å²) in [5.74, 6) is -1.14. The summed E-state index contributed by atoms with van der Waals surface area (Å²) >= 11 is 2.35. The molecule has 6 nitrogen and oxygen atoms in total. The maximum Gasteiger partial charge on any atom is 0.336 e. The van der Waals surface area contributed by atoms with Gasteiger partial charge in [0.25, 0.3) is 10.0 Å². The number of aromatic carboxylic acids is 1. The first-order valence-corrected chi connectivity index (χ1v) is 8.70. The van der Waals surface area contributed by atoms with E-state index in [0.717, 1.165) is 16.3 Å². The van der Waals surface area contributed by atoms with Crippen molar-refractivity contribution in [3.63, 3.8) is 0 Å². The Labute approximate surface area is 124 Å². The molecule has 0 amide bonds. The van der Waals surface area contributed by atoms with Gasteiger partial charge in [0.05, 0.1) is 22.8 Å². The third-order valence-corrected chi connectivity index (χ3v) is 6.58. The fourth-order valence-electron chi connectivity index (χ4n) is 1.51. The van der Waals surface area contributed by atoms with E-state index >= 15 is 0 Å². The van der Waals surface area contributed by atoms with Gasteiger partial charge in [0, 0.05) is 17.8 Å². The van der Waals surface area contributed by atoms with Gasteiger partial charge in [-0.1, -0.05) is 0 Å². The average Bonchev–Trinajstić information content (AvgIpc) is 2.98. The van der Waals surface area contributed by atoms with E-state index in [1.54, 1.807) is 5.38 Å². The number of rotatable bonds is 5. The van der Waals surface area contributed by atoms with Crippen molar-refractivity contribution in [1.29, 1.82) is 0 Å². The SMILES string of the molecule is Cc1nc(CN(C)S(=O)(=O)c2cc(C(=O)O)cs2)cs1. The van der Waals surface area contributed by atoms with Crippen molar-refractivity contribution in [2.75, 3.05) is 7.05 Å². The first-order valence-electron chi connectivity index (χ1n) is 5.50. The third kappa shape index (κ3) is 3.06. The summed E-state index contributed by atoms with van der Waals surface area (Å²) in [6.07, 6.45) is 0. The van der Waals surface area contributed by atoms with E-state index in [1.165, 1.54) is 34.1 Å². The van der Waals surface area contributed by atoms with Crippen molar-refractivity contribution in [3.05, 3.63) is 33.1 Å². The van der Waals surface area contributed by atoms with Crippen molar-refractivity contribution in [2.45, 2.75) is 17.7 Å². The van der Waals surface area contributed by atoms with Gasteiger partial charge in [0.2, 0.25) is 0 Å². The van der Waals surface area contributed by atoms with Crippen molar-refractivity contribution in [2.24, 2.45) is 0 Å². The zero-order valence-corrected chi connectivity index (χ0v) is 13.2. The molecule has 2 aromatic rings. The normalized spacial score (nSPS) is 11.9. The molecule has 0 aliphatic carbocycles. The van der Waals surface area contributed by atoms with E-state index in [1.807, 2.05) is 6.92 Å². The minimum absolute atomic E-state index is 0.0179. The second-order valence-corrected chi connectivity index (χ2v) is 8.32. The van der Waals surface area contributed by atoms with Crippen LogP contribution in [0.1, 0.15) is 21.1 Å². The Hall–Kier alpha value is -1.29. The molecule has 1 N–H and O–H groups in total. The van der Waals surface area contributed by atoms with E-state index in [4.69, 9.17) is 5.11 Å². The second kappa shape index (κ2) is 5.60. The molecule has 0 atom stereocenters. The Morgan fingerprint density at radius 3 is 2.60 bits per heavy atom. The zero-order chi connectivity index (χ0) is 14.9. The van der Waals surface area contributed by atoms with E-state index < -0.39 is 16.0 Å². The number of carboxylic acids is 1. The van der Waals surface area contributed by atoms with Gasteiger partial charge in [0.15, 0.2) is 0 Å². The number of hydrogen-bond donors (Lipinski definition) is 1. The van der Waals surface area contributed by atoms with E-state index in [9.17, 15) is 13.2 Å². The number of thiazole rings is 1. The van der Waals surface area contributed by atoms with Crippen LogP contribution in [0.15, 0.2) is 21.0 Å². The lowest BCUT2D eigenvalue weighted by Gasteiger charge is -2.14. The number of aromatic nitrogens is 1. The fourth-order valence-corrected chi connectivity index (χ4v) is 4.62. The standard InChI is InChI=1S/C11H12N2O4S3/c1-7-12-9(6-18-7)4-13(2)20(16,17)10-3-8(5-19-10)11(14)15/h3,5-6H,4H2,1-2H3,(H,14,15). The van der Waals surface area contributed by atoms with Gasteiger partial charge in [0.1, 0.15) is 4.21 Å². The van der Waals surface area contributed by atoms with Gasteiger partial charge in [-0.2, -0.15) is 4.31 Å². The molecule has 108 valence electrons. The molecular formula is C11H12N2O4S3. The van der Waals surface area contributed by atoms with Crippen molar-refractivity contribution in [1.82, 2.24) is 9.29 Å². The van der Waals surface area contributed by atoms with Crippen molar-refractivity contribution >= 4 is 38.7 Å². The molecule has 2 heterocycles. The molecule has 20 heavy (non-hydrogen) atoms. The highest BCUT2D eigenvalue weighted by Crippen LogP contribution is 2.24. The monoisotopic (exact) mass is 332 g/mol. The summed E-state index contributed by atoms with van der Waals surface area (Å²) in [6, 6.07) is 1.17. The zero-order valence-electron chi connectivity index (χ0n) is 10.7.